The number of hydrogen-bond acceptors (Lipinski definition) is 4. The third kappa shape index (κ3) is 5.04. The van der Waals surface area contributed by atoms with Crippen LogP contribution in [0.2, 0.25) is 0 Å². The first kappa shape index (κ1) is 14.4. The van der Waals surface area contributed by atoms with E-state index in [0.717, 1.165) is 32.5 Å². The van der Waals surface area contributed by atoms with E-state index in [0.29, 0.717) is 12.3 Å². The monoisotopic (exact) mass is 261 g/mol. The molecule has 17 heavy (non-hydrogen) atoms. The average Bonchev–Trinajstić information content (AvgIpc) is 2.29. The van der Waals surface area contributed by atoms with Gasteiger partial charge >= 0.3 is 0 Å². The van der Waals surface area contributed by atoms with E-state index in [9.17, 15) is 8.42 Å². The highest BCUT2D eigenvalue weighted by molar-refractivity contribution is 7.91. The second-order valence-corrected chi connectivity index (χ2v) is 7.13. The minimum atomic E-state index is -2.83. The summed E-state index contributed by atoms with van der Waals surface area (Å²) >= 11 is 0. The summed E-state index contributed by atoms with van der Waals surface area (Å²) in [6.07, 6.45) is 2.56. The van der Waals surface area contributed by atoms with Crippen LogP contribution in [0.1, 0.15) is 26.2 Å². The summed E-state index contributed by atoms with van der Waals surface area (Å²) in [5.41, 5.74) is 5.47. The zero-order valence-corrected chi connectivity index (χ0v) is 11.3. The van der Waals surface area contributed by atoms with Crippen LogP contribution in [-0.2, 0) is 9.84 Å². The predicted octanol–water partition coefficient (Wildman–Crippen LogP) is 0.459. The third-order valence-corrected chi connectivity index (χ3v) is 5.19. The first-order chi connectivity index (χ1) is 7.94. The molecule has 0 saturated carbocycles. The van der Waals surface area contributed by atoms with E-state index >= 15 is 0 Å². The van der Waals surface area contributed by atoms with Crippen molar-refractivity contribution in [3.8, 4) is 0 Å². The quantitative estimate of drug-likeness (QED) is 0.537. The number of sulfone groups is 1. The fourth-order valence-corrected chi connectivity index (χ4v) is 2.98. The van der Waals surface area contributed by atoms with E-state index in [-0.39, 0.29) is 17.4 Å². The van der Waals surface area contributed by atoms with Gasteiger partial charge in [0.1, 0.15) is 9.84 Å². The summed E-state index contributed by atoms with van der Waals surface area (Å²) in [7, 11) is -2.83. The van der Waals surface area contributed by atoms with Gasteiger partial charge < -0.3 is 10.6 Å². The molecule has 0 aliphatic carbocycles. The number of amidine groups is 1. The maximum absolute atomic E-state index is 11.3. The van der Waals surface area contributed by atoms with Gasteiger partial charge in [-0.25, -0.2) is 8.42 Å². The standard InChI is InChI=1S/C11H23N3O2S/c1-2-17(15,16)9-3-6-14-7-4-10(5-8-14)11(12)13/h10H,2-9H2,1H3,(H3,12,13). The van der Waals surface area contributed by atoms with Crippen molar-refractivity contribution in [2.45, 2.75) is 26.2 Å². The first-order valence-corrected chi connectivity index (χ1v) is 8.03. The van der Waals surface area contributed by atoms with Gasteiger partial charge in [-0.2, -0.15) is 0 Å². The number of hydrogen-bond donors (Lipinski definition) is 2. The van der Waals surface area contributed by atoms with Crippen LogP contribution < -0.4 is 5.73 Å². The Morgan fingerprint density at radius 2 is 2.00 bits per heavy atom. The summed E-state index contributed by atoms with van der Waals surface area (Å²) in [5, 5.41) is 7.38. The number of nitrogens with zero attached hydrogens (tertiary/aromatic N) is 1. The molecule has 1 aliphatic heterocycles. The Morgan fingerprint density at radius 1 is 1.41 bits per heavy atom. The highest BCUT2D eigenvalue weighted by Gasteiger charge is 2.21. The van der Waals surface area contributed by atoms with Gasteiger partial charge in [-0.15, -0.1) is 0 Å². The molecule has 3 N–H and O–H groups in total. The molecule has 0 atom stereocenters. The number of likely N-dealkylation sites (tertiary alicyclic amines) is 1. The molecule has 0 spiro atoms. The molecule has 1 fully saturated rings. The lowest BCUT2D eigenvalue weighted by atomic mass is 9.96. The summed E-state index contributed by atoms with van der Waals surface area (Å²) in [6, 6.07) is 0. The Balaban J connectivity index is 2.21. The van der Waals surface area contributed by atoms with Gasteiger partial charge in [-0.1, -0.05) is 6.92 Å². The van der Waals surface area contributed by atoms with Gasteiger partial charge in [-0.3, -0.25) is 5.41 Å². The van der Waals surface area contributed by atoms with Crippen molar-refractivity contribution in [1.29, 1.82) is 5.41 Å². The van der Waals surface area contributed by atoms with Crippen LogP contribution in [0.15, 0.2) is 0 Å². The van der Waals surface area contributed by atoms with Crippen molar-refractivity contribution in [3.63, 3.8) is 0 Å². The Bertz CT molecular complexity index is 346. The highest BCUT2D eigenvalue weighted by atomic mass is 32.2. The highest BCUT2D eigenvalue weighted by Crippen LogP contribution is 2.16. The van der Waals surface area contributed by atoms with Crippen molar-refractivity contribution >= 4 is 15.7 Å². The molecule has 0 unspecified atom stereocenters. The topological polar surface area (TPSA) is 87.2 Å². The number of nitrogens with one attached hydrogen (secondary N) is 1. The van der Waals surface area contributed by atoms with Gasteiger partial charge in [0.2, 0.25) is 0 Å². The van der Waals surface area contributed by atoms with Gasteiger partial charge in [0, 0.05) is 11.7 Å². The molecule has 100 valence electrons. The molecular formula is C11H23N3O2S. The first-order valence-electron chi connectivity index (χ1n) is 6.21. The Kier molecular flexibility index (Phi) is 5.39. The second kappa shape index (κ2) is 6.35. The maximum atomic E-state index is 11.3. The largest absolute Gasteiger partial charge is 0.387 e. The molecule has 1 rings (SSSR count). The zero-order valence-electron chi connectivity index (χ0n) is 10.5. The SMILES string of the molecule is CCS(=O)(=O)CCCN1CCC(C(=N)N)CC1. The lowest BCUT2D eigenvalue weighted by Gasteiger charge is -2.31. The molecule has 0 bridgehead atoms. The summed E-state index contributed by atoms with van der Waals surface area (Å²) in [5.74, 6) is 1.04. The molecule has 5 nitrogen and oxygen atoms in total. The molecule has 1 aliphatic rings. The molecule has 0 radical (unpaired) electrons. The summed E-state index contributed by atoms with van der Waals surface area (Å²) in [6.45, 7) is 4.38. The molecule has 1 saturated heterocycles. The minimum absolute atomic E-state index is 0.227. The molecule has 1 heterocycles. The van der Waals surface area contributed by atoms with Crippen molar-refractivity contribution in [2.24, 2.45) is 11.7 Å². The van der Waals surface area contributed by atoms with E-state index in [1.807, 2.05) is 0 Å². The predicted molar refractivity (Wildman–Crippen MR) is 70.0 cm³/mol. The summed E-state index contributed by atoms with van der Waals surface area (Å²) in [4.78, 5) is 2.27. The fourth-order valence-electron chi connectivity index (χ4n) is 2.12. The molecule has 6 heteroatoms. The minimum Gasteiger partial charge on any atom is -0.387 e. The van der Waals surface area contributed by atoms with E-state index in [1.165, 1.54) is 0 Å². The van der Waals surface area contributed by atoms with Crippen molar-refractivity contribution in [2.75, 3.05) is 31.1 Å². The van der Waals surface area contributed by atoms with Crippen molar-refractivity contribution in [1.82, 2.24) is 4.90 Å². The van der Waals surface area contributed by atoms with Crippen LogP contribution in [0.25, 0.3) is 0 Å². The van der Waals surface area contributed by atoms with Crippen molar-refractivity contribution in [3.05, 3.63) is 0 Å². The molecule has 0 aromatic carbocycles. The third-order valence-electron chi connectivity index (χ3n) is 3.40. The lowest BCUT2D eigenvalue weighted by Crippen LogP contribution is -2.39. The van der Waals surface area contributed by atoms with Gasteiger partial charge in [0.25, 0.3) is 0 Å². The van der Waals surface area contributed by atoms with Crippen LogP contribution >= 0.6 is 0 Å². The zero-order chi connectivity index (χ0) is 12.9. The van der Waals surface area contributed by atoms with E-state index in [1.54, 1.807) is 6.92 Å². The normalized spacial score (nSPS) is 19.4. The van der Waals surface area contributed by atoms with Crippen LogP contribution in [-0.4, -0.2) is 50.3 Å². The average molecular weight is 261 g/mol. The lowest BCUT2D eigenvalue weighted by molar-refractivity contribution is 0.209. The second-order valence-electron chi connectivity index (χ2n) is 4.66. The van der Waals surface area contributed by atoms with E-state index in [2.05, 4.69) is 4.90 Å². The maximum Gasteiger partial charge on any atom is 0.150 e. The Labute approximate surface area is 104 Å². The molecule has 0 aromatic rings. The van der Waals surface area contributed by atoms with E-state index < -0.39 is 9.84 Å². The Hall–Kier alpha value is -0.620. The van der Waals surface area contributed by atoms with Gasteiger partial charge in [0.05, 0.1) is 11.6 Å². The number of nitrogens with two attached hydrogens (primary N) is 1. The van der Waals surface area contributed by atoms with Crippen LogP contribution in [0.3, 0.4) is 0 Å². The Morgan fingerprint density at radius 3 is 2.47 bits per heavy atom. The van der Waals surface area contributed by atoms with Crippen LogP contribution in [0.5, 0.6) is 0 Å². The molecule has 0 aromatic heterocycles. The van der Waals surface area contributed by atoms with E-state index in [4.69, 9.17) is 11.1 Å². The number of piperidine rings is 1. The van der Waals surface area contributed by atoms with Crippen LogP contribution in [0.4, 0.5) is 0 Å². The fraction of sp³-hybridized carbons (Fsp3) is 0.909. The number of rotatable bonds is 6. The van der Waals surface area contributed by atoms with Gasteiger partial charge in [0.15, 0.2) is 0 Å². The van der Waals surface area contributed by atoms with Crippen molar-refractivity contribution < 1.29 is 8.42 Å². The van der Waals surface area contributed by atoms with Crippen LogP contribution in [0, 0.1) is 11.3 Å². The smallest absolute Gasteiger partial charge is 0.150 e. The molecular weight excluding hydrogens is 238 g/mol. The van der Waals surface area contributed by atoms with Gasteiger partial charge in [-0.05, 0) is 38.9 Å². The summed E-state index contributed by atoms with van der Waals surface area (Å²) < 4.78 is 22.6. The molecule has 0 amide bonds.